The number of amides is 1. The number of nitrogens with one attached hydrogen (secondary N) is 1. The molecule has 1 amide bonds. The van der Waals surface area contributed by atoms with Crippen LogP contribution in [0.3, 0.4) is 0 Å². The molecule has 2 fully saturated rings. The molecule has 6 nitrogen and oxygen atoms in total. The maximum absolute atomic E-state index is 13.3. The second-order valence-electron chi connectivity index (χ2n) is 8.67. The molecule has 3 heterocycles. The van der Waals surface area contributed by atoms with Gasteiger partial charge in [0.25, 0.3) is 0 Å². The van der Waals surface area contributed by atoms with Crippen LogP contribution in [0.2, 0.25) is 5.02 Å². The highest BCUT2D eigenvalue weighted by atomic mass is 35.5. The minimum Gasteiger partial charge on any atom is -0.454 e. The second kappa shape index (κ2) is 8.31. The summed E-state index contributed by atoms with van der Waals surface area (Å²) in [5.41, 5.74) is 1.50. The fraction of sp³-hybridized carbons (Fsp3) is 0.320. The number of anilines is 1. The smallest absolute Gasteiger partial charge is 0.236 e. The summed E-state index contributed by atoms with van der Waals surface area (Å²) >= 11 is 8.09. The fourth-order valence-corrected chi connectivity index (χ4v) is 5.92. The van der Waals surface area contributed by atoms with E-state index in [0.29, 0.717) is 10.9 Å². The predicted molar refractivity (Wildman–Crippen MR) is 128 cm³/mol. The molecule has 0 spiro atoms. The average Bonchev–Trinajstić information content (AvgIpc) is 3.19. The van der Waals surface area contributed by atoms with Gasteiger partial charge in [-0.1, -0.05) is 47.2 Å². The monoisotopic (exact) mass is 480 g/mol. The third-order valence-electron chi connectivity index (χ3n) is 6.67. The summed E-state index contributed by atoms with van der Waals surface area (Å²) in [6, 6.07) is 13.8. The van der Waals surface area contributed by atoms with Crippen LogP contribution < -0.4 is 14.8 Å². The number of ether oxygens (including phenoxy) is 2. The predicted octanol–water partition coefficient (Wildman–Crippen LogP) is 5.19. The van der Waals surface area contributed by atoms with Gasteiger partial charge >= 0.3 is 0 Å². The van der Waals surface area contributed by atoms with E-state index in [0.717, 1.165) is 59.1 Å². The van der Waals surface area contributed by atoms with Crippen molar-refractivity contribution in [3.8, 4) is 11.5 Å². The molecule has 1 saturated heterocycles. The van der Waals surface area contributed by atoms with Gasteiger partial charge in [-0.05, 0) is 61.6 Å². The van der Waals surface area contributed by atoms with Gasteiger partial charge in [0.05, 0.1) is 11.5 Å². The molecule has 3 aliphatic rings. The molecule has 8 heteroatoms. The molecule has 2 aromatic carbocycles. The van der Waals surface area contributed by atoms with Crippen LogP contribution >= 0.6 is 22.9 Å². The number of hydrogen-bond acceptors (Lipinski definition) is 6. The summed E-state index contributed by atoms with van der Waals surface area (Å²) in [6.07, 6.45) is 6.83. The van der Waals surface area contributed by atoms with Gasteiger partial charge in [0, 0.05) is 22.6 Å². The molecule has 0 unspecified atom stereocenters. The number of thiazole rings is 1. The number of carbonyl (C=O) groups excluding carboxylic acids is 1. The summed E-state index contributed by atoms with van der Waals surface area (Å²) in [5.74, 6) is 1.41. The van der Waals surface area contributed by atoms with E-state index >= 15 is 0 Å². The molecule has 169 valence electrons. The summed E-state index contributed by atoms with van der Waals surface area (Å²) in [7, 11) is 0. The number of hydrogen-bond donors (Lipinski definition) is 1. The normalized spacial score (nSPS) is 19.4. The summed E-state index contributed by atoms with van der Waals surface area (Å²) < 4.78 is 10.9. The van der Waals surface area contributed by atoms with Gasteiger partial charge in [0.15, 0.2) is 16.6 Å². The fourth-order valence-electron chi connectivity index (χ4n) is 4.72. The van der Waals surface area contributed by atoms with Gasteiger partial charge in [-0.25, -0.2) is 4.98 Å². The Morgan fingerprint density at radius 2 is 2.03 bits per heavy atom. The van der Waals surface area contributed by atoms with E-state index < -0.39 is 5.41 Å². The highest BCUT2D eigenvalue weighted by Gasteiger charge is 2.52. The van der Waals surface area contributed by atoms with Gasteiger partial charge in [-0.15, -0.1) is 0 Å². The molecule has 1 aliphatic carbocycles. The Morgan fingerprint density at radius 3 is 2.82 bits per heavy atom. The lowest BCUT2D eigenvalue weighted by Crippen LogP contribution is -2.27. The third-order valence-corrected chi connectivity index (χ3v) is 7.98. The number of likely N-dealkylation sites (tertiary alicyclic amines) is 1. The molecule has 6 rings (SSSR count). The maximum atomic E-state index is 13.3. The van der Waals surface area contributed by atoms with Crippen LogP contribution in [0.1, 0.15) is 41.3 Å². The van der Waals surface area contributed by atoms with Gasteiger partial charge < -0.3 is 14.8 Å². The van der Waals surface area contributed by atoms with Crippen molar-refractivity contribution in [3.63, 3.8) is 0 Å². The quantitative estimate of drug-likeness (QED) is 0.525. The Kier molecular flexibility index (Phi) is 5.28. The van der Waals surface area contributed by atoms with E-state index in [1.165, 1.54) is 11.3 Å². The number of benzene rings is 2. The van der Waals surface area contributed by atoms with E-state index in [9.17, 15) is 4.79 Å². The molecule has 1 radical (unpaired) electrons. The number of nitrogens with zero attached hydrogens (tertiary/aromatic N) is 2. The van der Waals surface area contributed by atoms with Gasteiger partial charge in [-0.3, -0.25) is 9.69 Å². The van der Waals surface area contributed by atoms with Crippen molar-refractivity contribution >= 4 is 34.0 Å². The van der Waals surface area contributed by atoms with Crippen molar-refractivity contribution < 1.29 is 14.3 Å². The van der Waals surface area contributed by atoms with Gasteiger partial charge in [0.1, 0.15) is 0 Å². The van der Waals surface area contributed by atoms with E-state index in [2.05, 4.69) is 27.7 Å². The van der Waals surface area contributed by atoms with E-state index in [4.69, 9.17) is 21.1 Å². The first-order valence-corrected chi connectivity index (χ1v) is 12.3. The molecule has 3 aromatic rings. The standard InChI is InChI=1S/C25H23ClN3O3S/c26-18-6-2-1-5-17(18)22(29-11-3-4-12-29)21-14-27-24(33-21)28-23(30)25(9-10-25)16-7-8-19-20(13-16)32-15-31-19/h1-3,5-8,13-14,22H,4,9-12,15H2,(H,27,28,30)/t22-/m1/s1. The van der Waals surface area contributed by atoms with E-state index in [1.807, 2.05) is 42.6 Å². The van der Waals surface area contributed by atoms with Gasteiger partial charge in [-0.2, -0.15) is 0 Å². The van der Waals surface area contributed by atoms with Crippen LogP contribution in [0.4, 0.5) is 5.13 Å². The molecule has 1 atom stereocenters. The molecular formula is C25H23ClN3O3S. The second-order valence-corrected chi connectivity index (χ2v) is 10.1. The average molecular weight is 481 g/mol. The Hall–Kier alpha value is -2.61. The molecular weight excluding hydrogens is 458 g/mol. The zero-order chi connectivity index (χ0) is 22.4. The number of fused-ring (bicyclic) bond motifs is 1. The molecule has 1 saturated carbocycles. The highest BCUT2D eigenvalue weighted by molar-refractivity contribution is 7.15. The Labute approximate surface area is 201 Å². The van der Waals surface area contributed by atoms with Crippen LogP contribution in [-0.2, 0) is 10.2 Å². The lowest BCUT2D eigenvalue weighted by molar-refractivity contribution is -0.118. The van der Waals surface area contributed by atoms with E-state index in [-0.39, 0.29) is 18.7 Å². The SMILES string of the molecule is O=C(Nc1ncc([C@@H](c2ccccc2Cl)N2C[CH]CC2)s1)C1(c2ccc3c(c2)OCO3)CC1. The molecule has 1 N–H and O–H groups in total. The maximum Gasteiger partial charge on any atom is 0.236 e. The van der Waals surface area contributed by atoms with E-state index in [1.54, 1.807) is 0 Å². The molecule has 1 aromatic heterocycles. The van der Waals surface area contributed by atoms with Crippen molar-refractivity contribution in [1.82, 2.24) is 9.88 Å². The Balaban J connectivity index is 1.25. The van der Waals surface area contributed by atoms with Crippen molar-refractivity contribution in [3.05, 3.63) is 76.1 Å². The van der Waals surface area contributed by atoms with Crippen molar-refractivity contribution in [2.24, 2.45) is 0 Å². The summed E-state index contributed by atoms with van der Waals surface area (Å²) in [5, 5.41) is 4.44. The van der Waals surface area contributed by atoms with Crippen molar-refractivity contribution in [2.75, 3.05) is 25.2 Å². The molecule has 2 aliphatic heterocycles. The molecule has 0 bridgehead atoms. The number of halogens is 1. The van der Waals surface area contributed by atoms with Crippen molar-refractivity contribution in [1.29, 1.82) is 0 Å². The Morgan fingerprint density at radius 1 is 1.18 bits per heavy atom. The highest BCUT2D eigenvalue weighted by Crippen LogP contribution is 2.51. The zero-order valence-corrected chi connectivity index (χ0v) is 19.5. The van der Waals surface area contributed by atoms with Crippen LogP contribution in [0.25, 0.3) is 0 Å². The minimum absolute atomic E-state index is 0.0179. The largest absolute Gasteiger partial charge is 0.454 e. The van der Waals surface area contributed by atoms with Gasteiger partial charge in [0.2, 0.25) is 12.7 Å². The number of rotatable bonds is 6. The summed E-state index contributed by atoms with van der Waals surface area (Å²) in [4.78, 5) is 21.3. The minimum atomic E-state index is -0.529. The third kappa shape index (κ3) is 3.78. The lowest BCUT2D eigenvalue weighted by atomic mass is 9.94. The molecule has 33 heavy (non-hydrogen) atoms. The number of aromatic nitrogens is 1. The lowest BCUT2D eigenvalue weighted by Gasteiger charge is -2.27. The van der Waals surface area contributed by atoms with Crippen LogP contribution in [0.5, 0.6) is 11.5 Å². The zero-order valence-electron chi connectivity index (χ0n) is 17.9. The number of carbonyl (C=O) groups is 1. The summed E-state index contributed by atoms with van der Waals surface area (Å²) in [6.45, 7) is 2.10. The Bertz CT molecular complexity index is 1200. The van der Waals surface area contributed by atoms with Crippen LogP contribution in [0, 0.1) is 6.42 Å². The topological polar surface area (TPSA) is 63.7 Å². The first-order chi connectivity index (χ1) is 16.1. The van der Waals surface area contributed by atoms with Crippen LogP contribution in [0.15, 0.2) is 48.7 Å². The van der Waals surface area contributed by atoms with Crippen LogP contribution in [-0.4, -0.2) is 35.7 Å². The first-order valence-electron chi connectivity index (χ1n) is 11.1. The van der Waals surface area contributed by atoms with Crippen molar-refractivity contribution in [2.45, 2.75) is 30.7 Å². The first kappa shape index (κ1) is 21.0.